The summed E-state index contributed by atoms with van der Waals surface area (Å²) in [6, 6.07) is 0.505. The van der Waals surface area contributed by atoms with Crippen LogP contribution in [-0.2, 0) is 0 Å². The van der Waals surface area contributed by atoms with Crippen LogP contribution >= 0.6 is 0 Å². The van der Waals surface area contributed by atoms with E-state index in [1.54, 1.807) is 0 Å². The molecule has 0 saturated carbocycles. The van der Waals surface area contributed by atoms with Crippen molar-refractivity contribution in [3.63, 3.8) is 0 Å². The van der Waals surface area contributed by atoms with Crippen LogP contribution in [-0.4, -0.2) is 18.9 Å². The van der Waals surface area contributed by atoms with Crippen molar-refractivity contribution in [2.24, 2.45) is 4.99 Å². The lowest BCUT2D eigenvalue weighted by Crippen LogP contribution is -2.19. The molecule has 6 heavy (non-hydrogen) atoms. The zero-order chi connectivity index (χ0) is 4.41. The largest absolute Gasteiger partial charge is 0.291 e. The molecule has 0 radical (unpaired) electrons. The number of nitrogens with zero attached hydrogens (tertiary/aromatic N) is 1. The number of hydrogen-bond donors (Lipinski definition) is 1. The van der Waals surface area contributed by atoms with Crippen molar-refractivity contribution in [1.82, 2.24) is 5.32 Å². The first-order chi connectivity index (χ1) is 2.89. The normalized spacial score (nSPS) is 31.8. The lowest BCUT2D eigenvalue weighted by Gasteiger charge is -1.91. The van der Waals surface area contributed by atoms with E-state index in [-0.39, 0.29) is 0 Å². The molecule has 0 bridgehead atoms. The summed E-state index contributed by atoms with van der Waals surface area (Å²) in [4.78, 5) is 3.93. The average molecular weight is 84.1 g/mol. The Labute approximate surface area is 37.3 Å². The lowest BCUT2D eigenvalue weighted by atomic mass is 10.4. The van der Waals surface area contributed by atoms with Crippen LogP contribution in [0.3, 0.4) is 0 Å². The Hall–Kier alpha value is -0.370. The molecule has 2 nitrogen and oxygen atoms in total. The second-order valence-corrected chi connectivity index (χ2v) is 1.48. The van der Waals surface area contributed by atoms with Gasteiger partial charge in [-0.3, -0.25) is 10.3 Å². The molecule has 0 saturated heterocycles. The van der Waals surface area contributed by atoms with Crippen LogP contribution in [0.4, 0.5) is 0 Å². The van der Waals surface area contributed by atoms with Crippen molar-refractivity contribution in [1.29, 1.82) is 0 Å². The van der Waals surface area contributed by atoms with Gasteiger partial charge in [0.25, 0.3) is 0 Å². The molecule has 1 atom stereocenters. The van der Waals surface area contributed by atoms with Gasteiger partial charge in [0.05, 0.1) is 6.67 Å². The summed E-state index contributed by atoms with van der Waals surface area (Å²) < 4.78 is 0. The molecule has 1 unspecified atom stereocenters. The van der Waals surface area contributed by atoms with E-state index in [1.807, 2.05) is 6.21 Å². The van der Waals surface area contributed by atoms with Crippen LogP contribution in [0.15, 0.2) is 4.99 Å². The van der Waals surface area contributed by atoms with Crippen molar-refractivity contribution in [3.05, 3.63) is 0 Å². The van der Waals surface area contributed by atoms with E-state index in [0.717, 1.165) is 6.67 Å². The molecule has 2 heteroatoms. The molecule has 1 aliphatic rings. The van der Waals surface area contributed by atoms with E-state index in [9.17, 15) is 0 Å². The molecule has 0 aliphatic carbocycles. The molecule has 0 aromatic carbocycles. The molecule has 1 rings (SSSR count). The van der Waals surface area contributed by atoms with Crippen molar-refractivity contribution in [3.8, 4) is 0 Å². The first-order valence-corrected chi connectivity index (χ1v) is 2.13. The second kappa shape index (κ2) is 1.39. The summed E-state index contributed by atoms with van der Waals surface area (Å²) in [5.74, 6) is 0. The smallest absolute Gasteiger partial charge is 0.0886 e. The summed E-state index contributed by atoms with van der Waals surface area (Å²) in [5, 5.41) is 3.10. The number of hydrogen-bond acceptors (Lipinski definition) is 2. The third kappa shape index (κ3) is 0.571. The Bertz CT molecular complexity index is 67.9. The van der Waals surface area contributed by atoms with Gasteiger partial charge in [-0.2, -0.15) is 0 Å². The fourth-order valence-electron chi connectivity index (χ4n) is 0.460. The van der Waals surface area contributed by atoms with Crippen molar-refractivity contribution >= 4 is 6.21 Å². The Morgan fingerprint density at radius 3 is 3.00 bits per heavy atom. The molecule has 0 amide bonds. The fraction of sp³-hybridized carbons (Fsp3) is 0.750. The zero-order valence-corrected chi connectivity index (χ0v) is 3.81. The molecule has 1 aliphatic heterocycles. The monoisotopic (exact) mass is 84.1 g/mol. The van der Waals surface area contributed by atoms with Gasteiger partial charge in [-0.1, -0.05) is 0 Å². The van der Waals surface area contributed by atoms with Crippen LogP contribution in [0.1, 0.15) is 6.92 Å². The van der Waals surface area contributed by atoms with Gasteiger partial charge < -0.3 is 0 Å². The zero-order valence-electron chi connectivity index (χ0n) is 3.81. The van der Waals surface area contributed by atoms with Crippen molar-refractivity contribution < 1.29 is 0 Å². The fourth-order valence-corrected chi connectivity index (χ4v) is 0.460. The molecular formula is C4H8N2. The highest BCUT2D eigenvalue weighted by Crippen LogP contribution is 1.81. The standard InChI is InChI=1S/C4H8N2/c1-4-2-5-3-6-4/h2,4,6H,3H2,1H3. The maximum absolute atomic E-state index is 3.93. The van der Waals surface area contributed by atoms with Crippen LogP contribution < -0.4 is 5.32 Å². The predicted octanol–water partition coefficient (Wildman–Crippen LogP) is 0.00640. The molecule has 0 aromatic rings. The Kier molecular flexibility index (Phi) is 0.881. The van der Waals surface area contributed by atoms with E-state index in [2.05, 4.69) is 17.2 Å². The van der Waals surface area contributed by atoms with E-state index >= 15 is 0 Å². The van der Waals surface area contributed by atoms with Crippen LogP contribution in [0.5, 0.6) is 0 Å². The van der Waals surface area contributed by atoms with Crippen molar-refractivity contribution in [2.75, 3.05) is 6.67 Å². The minimum Gasteiger partial charge on any atom is -0.291 e. The summed E-state index contributed by atoms with van der Waals surface area (Å²) >= 11 is 0. The highest BCUT2D eigenvalue weighted by atomic mass is 15.1. The third-order valence-electron chi connectivity index (χ3n) is 0.834. The predicted molar refractivity (Wildman–Crippen MR) is 26.0 cm³/mol. The minimum atomic E-state index is 0.505. The lowest BCUT2D eigenvalue weighted by molar-refractivity contribution is 0.730. The first kappa shape index (κ1) is 3.81. The average Bonchev–Trinajstić information content (AvgIpc) is 1.86. The summed E-state index contributed by atoms with van der Waals surface area (Å²) in [6.07, 6.45) is 1.92. The van der Waals surface area contributed by atoms with Gasteiger partial charge >= 0.3 is 0 Å². The van der Waals surface area contributed by atoms with E-state index < -0.39 is 0 Å². The molecule has 34 valence electrons. The quantitative estimate of drug-likeness (QED) is 0.439. The highest BCUT2D eigenvalue weighted by molar-refractivity contribution is 5.65. The van der Waals surface area contributed by atoms with E-state index in [0.29, 0.717) is 6.04 Å². The van der Waals surface area contributed by atoms with Gasteiger partial charge in [-0.25, -0.2) is 0 Å². The van der Waals surface area contributed by atoms with Gasteiger partial charge in [0.1, 0.15) is 0 Å². The number of nitrogens with one attached hydrogen (secondary N) is 1. The number of rotatable bonds is 0. The highest BCUT2D eigenvalue weighted by Gasteiger charge is 1.97. The van der Waals surface area contributed by atoms with Gasteiger partial charge in [0.2, 0.25) is 0 Å². The van der Waals surface area contributed by atoms with E-state index in [1.165, 1.54) is 0 Å². The Morgan fingerprint density at radius 1 is 2.00 bits per heavy atom. The topological polar surface area (TPSA) is 24.4 Å². The van der Waals surface area contributed by atoms with E-state index in [4.69, 9.17) is 0 Å². The minimum absolute atomic E-state index is 0.505. The van der Waals surface area contributed by atoms with Crippen molar-refractivity contribution in [2.45, 2.75) is 13.0 Å². The summed E-state index contributed by atoms with van der Waals surface area (Å²) in [5.41, 5.74) is 0. The SMILES string of the molecule is CC1C=NCN1. The first-order valence-electron chi connectivity index (χ1n) is 2.13. The van der Waals surface area contributed by atoms with Crippen LogP contribution in [0, 0.1) is 0 Å². The Balaban J connectivity index is 2.38. The van der Waals surface area contributed by atoms with Crippen LogP contribution in [0.25, 0.3) is 0 Å². The maximum atomic E-state index is 3.93. The Morgan fingerprint density at radius 2 is 2.83 bits per heavy atom. The third-order valence-corrected chi connectivity index (χ3v) is 0.834. The summed E-state index contributed by atoms with van der Waals surface area (Å²) in [7, 11) is 0. The number of aliphatic imine (C=N–C) groups is 1. The second-order valence-electron chi connectivity index (χ2n) is 1.48. The summed E-state index contributed by atoms with van der Waals surface area (Å²) in [6.45, 7) is 2.89. The molecular weight excluding hydrogens is 76.1 g/mol. The maximum Gasteiger partial charge on any atom is 0.0886 e. The van der Waals surface area contributed by atoms with Gasteiger partial charge in [0.15, 0.2) is 0 Å². The molecule has 0 aromatic heterocycles. The molecule has 1 heterocycles. The molecule has 1 N–H and O–H groups in total. The van der Waals surface area contributed by atoms with Gasteiger partial charge in [0, 0.05) is 12.3 Å². The van der Waals surface area contributed by atoms with Gasteiger partial charge in [-0.15, -0.1) is 0 Å². The molecule has 0 spiro atoms. The molecule has 0 fully saturated rings. The van der Waals surface area contributed by atoms with Crippen LogP contribution in [0.2, 0.25) is 0 Å². The van der Waals surface area contributed by atoms with Gasteiger partial charge in [-0.05, 0) is 6.92 Å².